The van der Waals surface area contributed by atoms with Crippen LogP contribution < -0.4 is 4.74 Å². The van der Waals surface area contributed by atoms with E-state index in [9.17, 15) is 4.79 Å². The molecular formula is C20H29NO3. The number of hydrogen-bond donors (Lipinski definition) is 0. The van der Waals surface area contributed by atoms with Crippen LogP contribution in [0.25, 0.3) is 0 Å². The summed E-state index contributed by atoms with van der Waals surface area (Å²) in [5.41, 5.74) is 3.63. The lowest BCUT2D eigenvalue weighted by molar-refractivity contribution is -0.174. The second kappa shape index (κ2) is 5.76. The summed E-state index contributed by atoms with van der Waals surface area (Å²) in [6, 6.07) is 4.32. The molecule has 4 nitrogen and oxygen atoms in total. The van der Waals surface area contributed by atoms with Crippen molar-refractivity contribution in [3.8, 4) is 5.75 Å². The lowest BCUT2D eigenvalue weighted by Gasteiger charge is -2.54. The molecule has 4 heteroatoms. The van der Waals surface area contributed by atoms with Gasteiger partial charge in [-0.2, -0.15) is 0 Å². The molecule has 1 saturated heterocycles. The number of methoxy groups -OCH3 is 2. The number of ether oxygens (including phenoxy) is 2. The van der Waals surface area contributed by atoms with Gasteiger partial charge in [-0.15, -0.1) is 0 Å². The van der Waals surface area contributed by atoms with Gasteiger partial charge < -0.3 is 9.47 Å². The third-order valence-electron chi connectivity index (χ3n) is 6.17. The van der Waals surface area contributed by atoms with E-state index in [1.165, 1.54) is 18.2 Å². The fraction of sp³-hybridized carbons (Fsp3) is 0.650. The van der Waals surface area contributed by atoms with Gasteiger partial charge in [0.2, 0.25) is 0 Å². The molecular weight excluding hydrogens is 302 g/mol. The maximum absolute atomic E-state index is 12.4. The van der Waals surface area contributed by atoms with Crippen molar-refractivity contribution in [2.75, 3.05) is 27.3 Å². The number of carbonyl (C=O) groups is 1. The quantitative estimate of drug-likeness (QED) is 0.793. The summed E-state index contributed by atoms with van der Waals surface area (Å²) < 4.78 is 10.6. The van der Waals surface area contributed by atoms with Crippen molar-refractivity contribution in [3.05, 3.63) is 28.8 Å². The Labute approximate surface area is 145 Å². The Hall–Kier alpha value is -1.55. The van der Waals surface area contributed by atoms with E-state index in [4.69, 9.17) is 9.47 Å². The Morgan fingerprint density at radius 2 is 1.96 bits per heavy atom. The summed E-state index contributed by atoms with van der Waals surface area (Å²) in [5, 5.41) is 0. The van der Waals surface area contributed by atoms with Crippen molar-refractivity contribution in [1.82, 2.24) is 4.90 Å². The Morgan fingerprint density at radius 1 is 1.25 bits per heavy atom. The average Bonchev–Trinajstić information content (AvgIpc) is 2.84. The monoisotopic (exact) mass is 331 g/mol. The molecule has 0 N–H and O–H groups in total. The first-order valence-electron chi connectivity index (χ1n) is 8.68. The van der Waals surface area contributed by atoms with Crippen LogP contribution in [0.4, 0.5) is 0 Å². The number of nitrogens with zero attached hydrogens (tertiary/aromatic N) is 1. The highest BCUT2D eigenvalue weighted by molar-refractivity contribution is 5.80. The molecule has 1 aromatic carbocycles. The summed E-state index contributed by atoms with van der Waals surface area (Å²) in [5.74, 6) is 1.29. The second-order valence-electron chi connectivity index (χ2n) is 8.28. The van der Waals surface area contributed by atoms with Gasteiger partial charge in [0.15, 0.2) is 0 Å². The number of benzene rings is 1. The van der Waals surface area contributed by atoms with Crippen molar-refractivity contribution in [2.24, 2.45) is 16.7 Å². The number of likely N-dealkylation sites (tertiary alicyclic amines) is 1. The zero-order valence-corrected chi connectivity index (χ0v) is 15.7. The molecule has 1 aliphatic heterocycles. The number of carbonyl (C=O) groups excluding carboxylic acids is 1. The third-order valence-corrected chi connectivity index (χ3v) is 6.17. The zero-order valence-electron chi connectivity index (χ0n) is 15.7. The van der Waals surface area contributed by atoms with Gasteiger partial charge in [-0.25, -0.2) is 0 Å². The van der Waals surface area contributed by atoms with Gasteiger partial charge in [0, 0.05) is 19.6 Å². The first-order valence-corrected chi connectivity index (χ1v) is 8.68. The molecule has 24 heavy (non-hydrogen) atoms. The number of hydrogen-bond acceptors (Lipinski definition) is 4. The summed E-state index contributed by atoms with van der Waals surface area (Å²) >= 11 is 0. The number of aryl methyl sites for hydroxylation is 2. The van der Waals surface area contributed by atoms with Crippen molar-refractivity contribution in [3.63, 3.8) is 0 Å². The number of fused-ring (bicyclic) bond motifs is 1. The van der Waals surface area contributed by atoms with Gasteiger partial charge in [-0.1, -0.05) is 19.9 Å². The van der Waals surface area contributed by atoms with Gasteiger partial charge >= 0.3 is 5.97 Å². The van der Waals surface area contributed by atoms with E-state index in [0.29, 0.717) is 5.92 Å². The molecule has 3 rings (SSSR count). The van der Waals surface area contributed by atoms with E-state index in [1.54, 1.807) is 7.11 Å². The molecule has 1 aromatic rings. The summed E-state index contributed by atoms with van der Waals surface area (Å²) in [4.78, 5) is 14.8. The highest BCUT2D eigenvalue weighted by Crippen LogP contribution is 2.63. The van der Waals surface area contributed by atoms with E-state index in [2.05, 4.69) is 44.7 Å². The largest absolute Gasteiger partial charge is 0.496 e. The fourth-order valence-electron chi connectivity index (χ4n) is 5.07. The summed E-state index contributed by atoms with van der Waals surface area (Å²) in [6.07, 6.45) is 0.925. The Bertz CT molecular complexity index is 667. The van der Waals surface area contributed by atoms with E-state index >= 15 is 0 Å². The SMILES string of the molecule is COC(=O)[C@@]12CN(Cc3cc(C)c(OC)cc3C)C[C@@H]1C(C)(C)C2. The topological polar surface area (TPSA) is 38.8 Å². The van der Waals surface area contributed by atoms with Crippen LogP contribution in [0.3, 0.4) is 0 Å². The van der Waals surface area contributed by atoms with Gasteiger partial charge in [0.1, 0.15) is 5.75 Å². The molecule has 0 bridgehead atoms. The lowest BCUT2D eigenvalue weighted by Crippen LogP contribution is -2.57. The van der Waals surface area contributed by atoms with Crippen molar-refractivity contribution in [2.45, 2.75) is 40.7 Å². The molecule has 0 amide bonds. The normalized spacial score (nSPS) is 28.2. The lowest BCUT2D eigenvalue weighted by atomic mass is 9.48. The molecule has 0 unspecified atom stereocenters. The van der Waals surface area contributed by atoms with Gasteiger partial charge in [0.25, 0.3) is 0 Å². The van der Waals surface area contributed by atoms with Crippen LogP contribution in [0.2, 0.25) is 0 Å². The molecule has 132 valence electrons. The maximum atomic E-state index is 12.4. The Balaban J connectivity index is 1.81. The van der Waals surface area contributed by atoms with Crippen LogP contribution in [0, 0.1) is 30.6 Å². The first-order chi connectivity index (χ1) is 11.2. The minimum absolute atomic E-state index is 0.0306. The number of esters is 1. The minimum atomic E-state index is -0.298. The highest BCUT2D eigenvalue weighted by atomic mass is 16.5. The molecule has 1 aliphatic carbocycles. The molecule has 2 atom stereocenters. The predicted molar refractivity (Wildman–Crippen MR) is 94.1 cm³/mol. The molecule has 0 radical (unpaired) electrons. The minimum Gasteiger partial charge on any atom is -0.496 e. The van der Waals surface area contributed by atoms with E-state index in [-0.39, 0.29) is 16.8 Å². The van der Waals surface area contributed by atoms with E-state index in [1.807, 2.05) is 0 Å². The summed E-state index contributed by atoms with van der Waals surface area (Å²) in [6.45, 7) is 11.4. The predicted octanol–water partition coefficient (Wildman–Crippen LogP) is 3.33. The van der Waals surface area contributed by atoms with Crippen LogP contribution in [0.5, 0.6) is 5.75 Å². The number of rotatable bonds is 4. The van der Waals surface area contributed by atoms with E-state index < -0.39 is 0 Å². The van der Waals surface area contributed by atoms with Crippen molar-refractivity contribution < 1.29 is 14.3 Å². The smallest absolute Gasteiger partial charge is 0.313 e. The fourth-order valence-corrected chi connectivity index (χ4v) is 5.07. The van der Waals surface area contributed by atoms with Gasteiger partial charge in [0.05, 0.1) is 19.6 Å². The molecule has 0 aromatic heterocycles. The summed E-state index contributed by atoms with van der Waals surface area (Å²) in [7, 11) is 3.22. The van der Waals surface area contributed by atoms with Gasteiger partial charge in [-0.3, -0.25) is 9.69 Å². The zero-order chi connectivity index (χ0) is 17.7. The third kappa shape index (κ3) is 2.52. The standard InChI is InChI=1S/C20H29NO3/c1-13-8-16(23-5)14(2)7-15(13)9-21-10-17-19(3,4)11-20(17,12-21)18(22)24-6/h7-8,17H,9-12H2,1-6H3/t17-,20+/m1/s1. The molecule has 2 fully saturated rings. The first kappa shape index (κ1) is 17.3. The van der Waals surface area contributed by atoms with Crippen LogP contribution in [-0.2, 0) is 16.1 Å². The maximum Gasteiger partial charge on any atom is 0.313 e. The Kier molecular flexibility index (Phi) is 4.15. The van der Waals surface area contributed by atoms with Crippen LogP contribution >= 0.6 is 0 Å². The van der Waals surface area contributed by atoms with E-state index in [0.717, 1.165) is 37.4 Å². The molecule has 1 heterocycles. The van der Waals surface area contributed by atoms with Crippen LogP contribution in [-0.4, -0.2) is 38.2 Å². The second-order valence-corrected chi connectivity index (χ2v) is 8.28. The van der Waals surface area contributed by atoms with Crippen molar-refractivity contribution >= 4 is 5.97 Å². The van der Waals surface area contributed by atoms with Gasteiger partial charge in [-0.05, 0) is 54.4 Å². The molecule has 1 saturated carbocycles. The molecule has 0 spiro atoms. The molecule has 2 aliphatic rings. The average molecular weight is 331 g/mol. The van der Waals surface area contributed by atoms with Crippen molar-refractivity contribution in [1.29, 1.82) is 0 Å². The van der Waals surface area contributed by atoms with Crippen LogP contribution in [0.15, 0.2) is 12.1 Å². The van der Waals surface area contributed by atoms with Crippen LogP contribution in [0.1, 0.15) is 37.0 Å². The Morgan fingerprint density at radius 3 is 2.54 bits per heavy atom. The highest BCUT2D eigenvalue weighted by Gasteiger charge is 2.67.